The van der Waals surface area contributed by atoms with E-state index in [0.717, 1.165) is 0 Å². The number of amides is 2. The summed E-state index contributed by atoms with van der Waals surface area (Å²) in [5, 5.41) is 2.66. The molecule has 1 aromatic carbocycles. The molecule has 1 fully saturated rings. The molecule has 1 heterocycles. The fourth-order valence-electron chi connectivity index (χ4n) is 1.75. The number of nitrogens with two attached hydrogens (primary N) is 1. The van der Waals surface area contributed by atoms with Crippen molar-refractivity contribution < 1.29 is 13.4 Å². The van der Waals surface area contributed by atoms with Crippen LogP contribution in [0.3, 0.4) is 0 Å². The molecule has 2 amide bonds. The smallest absolute Gasteiger partial charge is 0.317 e. The molecule has 5 nitrogen and oxygen atoms in total. The van der Waals surface area contributed by atoms with Crippen molar-refractivity contribution in [2.75, 3.05) is 31.1 Å². The number of carbonyl (C=O) groups is 1. The first-order valence-electron chi connectivity index (χ1n) is 5.53. The summed E-state index contributed by atoms with van der Waals surface area (Å²) in [4.78, 5) is 13.2. The Morgan fingerprint density at radius 2 is 2.22 bits per heavy atom. The first-order chi connectivity index (χ1) is 8.56. The second kappa shape index (κ2) is 5.34. The third kappa shape index (κ3) is 2.98. The van der Waals surface area contributed by atoms with E-state index >= 15 is 0 Å². The molecule has 98 valence electrons. The van der Waals surface area contributed by atoms with Crippen LogP contribution in [-0.2, 0) is 10.8 Å². The van der Waals surface area contributed by atoms with E-state index in [-0.39, 0.29) is 17.5 Å². The average Bonchev–Trinajstić information content (AvgIpc) is 2.70. The molecular weight excluding hydrogens is 257 g/mol. The number of nitrogens with one attached hydrogen (secondary N) is 1. The van der Waals surface area contributed by atoms with Gasteiger partial charge in [0.2, 0.25) is 0 Å². The van der Waals surface area contributed by atoms with Crippen molar-refractivity contribution in [2.24, 2.45) is 0 Å². The second-order valence-corrected chi connectivity index (χ2v) is 5.56. The first-order valence-corrected chi connectivity index (χ1v) is 6.85. The molecule has 3 N–H and O–H groups in total. The Morgan fingerprint density at radius 3 is 2.83 bits per heavy atom. The number of benzene rings is 1. The van der Waals surface area contributed by atoms with E-state index < -0.39 is 16.6 Å². The third-order valence-corrected chi connectivity index (χ3v) is 3.96. The van der Waals surface area contributed by atoms with Gasteiger partial charge in [-0.1, -0.05) is 0 Å². The number of carbonyl (C=O) groups excluding carboxylic acids is 1. The zero-order valence-corrected chi connectivity index (χ0v) is 10.5. The Bertz CT molecular complexity index is 475. The highest BCUT2D eigenvalue weighted by molar-refractivity contribution is 7.85. The van der Waals surface area contributed by atoms with Gasteiger partial charge < -0.3 is 16.0 Å². The van der Waals surface area contributed by atoms with Gasteiger partial charge in [-0.15, -0.1) is 0 Å². The zero-order valence-electron chi connectivity index (χ0n) is 9.69. The van der Waals surface area contributed by atoms with Crippen LogP contribution in [0.2, 0.25) is 0 Å². The zero-order chi connectivity index (χ0) is 13.1. The van der Waals surface area contributed by atoms with Crippen LogP contribution in [0.4, 0.5) is 14.9 Å². The summed E-state index contributed by atoms with van der Waals surface area (Å²) in [6, 6.07) is 3.72. The summed E-state index contributed by atoms with van der Waals surface area (Å²) in [5.41, 5.74) is 5.74. The van der Waals surface area contributed by atoms with Crippen LogP contribution < -0.4 is 11.1 Å². The Balaban J connectivity index is 1.97. The maximum Gasteiger partial charge on any atom is 0.317 e. The molecule has 1 aromatic rings. The number of anilines is 1. The molecule has 2 rings (SSSR count). The van der Waals surface area contributed by atoms with E-state index in [1.165, 1.54) is 18.2 Å². The van der Waals surface area contributed by atoms with E-state index in [0.29, 0.717) is 24.5 Å². The monoisotopic (exact) mass is 271 g/mol. The van der Waals surface area contributed by atoms with Crippen molar-refractivity contribution in [3.8, 4) is 0 Å². The lowest BCUT2D eigenvalue weighted by Crippen LogP contribution is -2.31. The Kier molecular flexibility index (Phi) is 3.81. The van der Waals surface area contributed by atoms with E-state index in [2.05, 4.69) is 5.32 Å². The predicted octanol–water partition coefficient (Wildman–Crippen LogP) is 0.541. The highest BCUT2D eigenvalue weighted by Gasteiger charge is 2.19. The predicted molar refractivity (Wildman–Crippen MR) is 67.1 cm³/mol. The van der Waals surface area contributed by atoms with Gasteiger partial charge in [0.1, 0.15) is 5.82 Å². The summed E-state index contributed by atoms with van der Waals surface area (Å²) in [7, 11) is -1.36. The molecule has 0 aromatic heterocycles. The number of nitrogen functional groups attached to an aromatic ring is 1. The number of hydrogen-bond donors (Lipinski definition) is 2. The van der Waals surface area contributed by atoms with Crippen molar-refractivity contribution in [1.82, 2.24) is 10.2 Å². The van der Waals surface area contributed by atoms with Gasteiger partial charge in [-0.2, -0.15) is 0 Å². The number of nitrogens with zero attached hydrogens (tertiary/aromatic N) is 1. The average molecular weight is 271 g/mol. The summed E-state index contributed by atoms with van der Waals surface area (Å²) in [5.74, 6) is -0.228. The van der Waals surface area contributed by atoms with Crippen molar-refractivity contribution in [3.63, 3.8) is 0 Å². The van der Waals surface area contributed by atoms with Gasteiger partial charge in [-0.3, -0.25) is 4.21 Å². The van der Waals surface area contributed by atoms with Crippen molar-refractivity contribution in [2.45, 2.75) is 4.90 Å². The molecule has 18 heavy (non-hydrogen) atoms. The van der Waals surface area contributed by atoms with E-state index in [1.807, 2.05) is 0 Å². The van der Waals surface area contributed by atoms with E-state index in [1.54, 1.807) is 4.90 Å². The number of hydrogen-bond acceptors (Lipinski definition) is 3. The maximum atomic E-state index is 13.1. The maximum absolute atomic E-state index is 13.1. The molecule has 7 heteroatoms. The standard InChI is InChI=1S/C11H14FN3O2S/c12-8-5-9(13)7-10(6-8)18(17)4-3-15-2-1-14-11(15)16/h5-7H,1-4,13H2,(H,14,16). The van der Waals surface area contributed by atoms with Crippen LogP contribution in [0.1, 0.15) is 0 Å². The van der Waals surface area contributed by atoms with Gasteiger partial charge in [0.25, 0.3) is 0 Å². The molecule has 0 aliphatic carbocycles. The molecule has 1 unspecified atom stereocenters. The molecule has 0 bridgehead atoms. The molecule has 1 aliphatic heterocycles. The molecule has 0 saturated carbocycles. The third-order valence-electron chi connectivity index (χ3n) is 2.65. The minimum atomic E-state index is -1.36. The Hall–Kier alpha value is -1.63. The van der Waals surface area contributed by atoms with Crippen LogP contribution in [0.15, 0.2) is 23.1 Å². The van der Waals surface area contributed by atoms with Crippen molar-refractivity contribution >= 4 is 22.5 Å². The van der Waals surface area contributed by atoms with Crippen molar-refractivity contribution in [1.29, 1.82) is 0 Å². The van der Waals surface area contributed by atoms with Crippen LogP contribution >= 0.6 is 0 Å². The molecule has 1 aliphatic rings. The largest absolute Gasteiger partial charge is 0.399 e. The second-order valence-electron chi connectivity index (χ2n) is 3.99. The minimum Gasteiger partial charge on any atom is -0.399 e. The molecule has 1 saturated heterocycles. The Labute approximate surface area is 107 Å². The van der Waals surface area contributed by atoms with Gasteiger partial charge >= 0.3 is 6.03 Å². The number of halogens is 1. The quantitative estimate of drug-likeness (QED) is 0.785. The lowest BCUT2D eigenvalue weighted by atomic mass is 10.3. The fraction of sp³-hybridized carbons (Fsp3) is 0.364. The lowest BCUT2D eigenvalue weighted by molar-refractivity contribution is 0.220. The topological polar surface area (TPSA) is 75.4 Å². The summed E-state index contributed by atoms with van der Waals surface area (Å²) >= 11 is 0. The summed E-state index contributed by atoms with van der Waals surface area (Å²) < 4.78 is 25.0. The number of rotatable bonds is 4. The SMILES string of the molecule is Nc1cc(F)cc(S(=O)CCN2CCNC2=O)c1. The van der Waals surface area contributed by atoms with Gasteiger partial charge in [0.05, 0.1) is 10.8 Å². The summed E-state index contributed by atoms with van der Waals surface area (Å²) in [6.45, 7) is 1.61. The highest BCUT2D eigenvalue weighted by Crippen LogP contribution is 2.14. The first kappa shape index (κ1) is 12.8. The molecule has 0 radical (unpaired) electrons. The van der Waals surface area contributed by atoms with Crippen LogP contribution in [-0.4, -0.2) is 40.5 Å². The van der Waals surface area contributed by atoms with Gasteiger partial charge in [-0.05, 0) is 18.2 Å². The minimum absolute atomic E-state index is 0.147. The fourth-order valence-corrected chi connectivity index (χ4v) is 2.88. The molecular formula is C11H14FN3O2S. The van der Waals surface area contributed by atoms with Gasteiger partial charge in [-0.25, -0.2) is 9.18 Å². The van der Waals surface area contributed by atoms with E-state index in [9.17, 15) is 13.4 Å². The van der Waals surface area contributed by atoms with Crippen LogP contribution in [0, 0.1) is 5.82 Å². The lowest BCUT2D eigenvalue weighted by Gasteiger charge is -2.13. The van der Waals surface area contributed by atoms with Gasteiger partial charge in [0.15, 0.2) is 0 Å². The number of urea groups is 1. The Morgan fingerprint density at radius 1 is 1.44 bits per heavy atom. The molecule has 0 spiro atoms. The van der Waals surface area contributed by atoms with Gasteiger partial charge in [0, 0.05) is 36.0 Å². The van der Waals surface area contributed by atoms with Crippen LogP contribution in [0.25, 0.3) is 0 Å². The normalized spacial score (nSPS) is 16.7. The van der Waals surface area contributed by atoms with Crippen molar-refractivity contribution in [3.05, 3.63) is 24.0 Å². The highest BCUT2D eigenvalue weighted by atomic mass is 32.2. The molecule has 1 atom stereocenters. The van der Waals surface area contributed by atoms with Crippen LogP contribution in [0.5, 0.6) is 0 Å². The van der Waals surface area contributed by atoms with E-state index in [4.69, 9.17) is 5.73 Å². The summed E-state index contributed by atoms with van der Waals surface area (Å²) in [6.07, 6.45) is 0.